The van der Waals surface area contributed by atoms with Crippen LogP contribution in [0.3, 0.4) is 0 Å². The monoisotopic (exact) mass is 1010 g/mol. The van der Waals surface area contributed by atoms with Crippen LogP contribution in [0.4, 0.5) is 11.4 Å². The molecule has 10 rings (SSSR count). The number of hydrogen-bond donors (Lipinski definition) is 4. The zero-order chi connectivity index (χ0) is 48.9. The van der Waals surface area contributed by atoms with Crippen LogP contribution in [0.2, 0.25) is 0 Å². The molecule has 10 aromatic rings. The number of thioether (sulfide) groups is 2. The second-order valence-corrected chi connectivity index (χ2v) is 24.5. The molecule has 356 valence electrons. The van der Waals surface area contributed by atoms with Crippen LogP contribution >= 0.6 is 39.4 Å². The molecule has 0 heterocycles. The summed E-state index contributed by atoms with van der Waals surface area (Å²) in [5.41, 5.74) is 4.78. The van der Waals surface area contributed by atoms with Crippen LogP contribution in [0.15, 0.2) is 253 Å². The van der Waals surface area contributed by atoms with Gasteiger partial charge in [-0.05, 0) is 150 Å². The normalized spacial score (nSPS) is 11.5. The van der Waals surface area contributed by atoms with Gasteiger partial charge in [0.1, 0.15) is 11.5 Å². The van der Waals surface area contributed by atoms with E-state index >= 15 is 0 Å². The minimum Gasteiger partial charge on any atom is -0.507 e. The molecule has 0 aliphatic rings. The quantitative estimate of drug-likeness (QED) is 0.0451. The van der Waals surface area contributed by atoms with Gasteiger partial charge in [-0.2, -0.15) is 0 Å². The van der Waals surface area contributed by atoms with Gasteiger partial charge in [-0.15, -0.1) is 23.5 Å². The van der Waals surface area contributed by atoms with E-state index in [0.717, 1.165) is 67.9 Å². The third-order valence-corrected chi connectivity index (χ3v) is 20.4. The number of phenols is 2. The van der Waals surface area contributed by atoms with Crippen molar-refractivity contribution in [2.75, 3.05) is 34.5 Å². The summed E-state index contributed by atoms with van der Waals surface area (Å²) >= 11 is 3.79. The molecule has 0 bridgehead atoms. The molecule has 4 nitrogen and oxygen atoms in total. The van der Waals surface area contributed by atoms with Crippen molar-refractivity contribution in [1.29, 1.82) is 0 Å². The van der Waals surface area contributed by atoms with Crippen molar-refractivity contribution in [2.24, 2.45) is 0 Å². The van der Waals surface area contributed by atoms with Gasteiger partial charge in [0.15, 0.2) is 0 Å². The molecule has 0 fully saturated rings. The molecule has 0 radical (unpaired) electrons. The molecule has 0 aliphatic heterocycles. The number of aromatic hydroxyl groups is 2. The van der Waals surface area contributed by atoms with E-state index in [1.165, 1.54) is 31.0 Å². The van der Waals surface area contributed by atoms with Crippen molar-refractivity contribution in [3.8, 4) is 22.6 Å². The average molecular weight is 1010 g/mol. The lowest BCUT2D eigenvalue weighted by molar-refractivity contribution is 0.464. The van der Waals surface area contributed by atoms with E-state index in [1.807, 2.05) is 72.2 Å². The molecule has 72 heavy (non-hydrogen) atoms. The minimum atomic E-state index is -0.438. The molecule has 0 amide bonds. The Balaban J connectivity index is 0.805. The number of fused-ring (bicyclic) bond motifs is 2. The minimum absolute atomic E-state index is 0.159. The van der Waals surface area contributed by atoms with Crippen LogP contribution in [-0.2, 0) is 13.0 Å². The van der Waals surface area contributed by atoms with E-state index in [1.54, 1.807) is 0 Å². The number of benzene rings is 10. The van der Waals surface area contributed by atoms with Crippen molar-refractivity contribution < 1.29 is 10.2 Å². The summed E-state index contributed by atoms with van der Waals surface area (Å²) in [6, 6.07) is 81.2. The van der Waals surface area contributed by atoms with Gasteiger partial charge in [-0.3, -0.25) is 0 Å². The Morgan fingerprint density at radius 2 is 0.806 bits per heavy atom. The van der Waals surface area contributed by atoms with E-state index in [9.17, 15) is 10.2 Å². The Bertz CT molecular complexity index is 3300. The first-order chi connectivity index (χ1) is 35.6. The Kier molecular flexibility index (Phi) is 16.3. The third-order valence-electron chi connectivity index (χ3n) is 12.8. The average Bonchev–Trinajstić information content (AvgIpc) is 3.44. The maximum atomic E-state index is 12.3. The first kappa shape index (κ1) is 48.8. The van der Waals surface area contributed by atoms with Gasteiger partial charge >= 0.3 is 0 Å². The first-order valence-electron chi connectivity index (χ1n) is 24.4. The summed E-state index contributed by atoms with van der Waals surface area (Å²) in [5, 5.41) is 41.0. The highest BCUT2D eigenvalue weighted by Gasteiger charge is 2.22. The van der Waals surface area contributed by atoms with Crippen molar-refractivity contribution in [1.82, 2.24) is 0 Å². The summed E-state index contributed by atoms with van der Waals surface area (Å²) in [6.07, 6.45) is 6.69. The van der Waals surface area contributed by atoms with E-state index in [2.05, 4.69) is 205 Å². The highest BCUT2D eigenvalue weighted by molar-refractivity contribution is 8.00. The number of hydrogen-bond acceptors (Lipinski definition) is 6. The van der Waals surface area contributed by atoms with E-state index in [0.29, 0.717) is 24.1 Å². The SMILES string of the molecule is Oc1c(C/C=C/Nc2ccc(SCCP(c3ccccc3)c3ccccc3)cc2)cc2ccccc2c1-c1c(O)c(CNc2ccc(SCCP(c3ccccc3)c3ccccc3)cc2)cc2ccccc12. The summed E-state index contributed by atoms with van der Waals surface area (Å²) in [4.78, 5) is 2.48. The van der Waals surface area contributed by atoms with Crippen LogP contribution in [0, 0.1) is 0 Å². The van der Waals surface area contributed by atoms with Gasteiger partial charge in [-0.25, -0.2) is 0 Å². The number of allylic oxidation sites excluding steroid dienone is 1. The Morgan fingerprint density at radius 1 is 0.417 bits per heavy atom. The highest BCUT2D eigenvalue weighted by atomic mass is 32.2. The van der Waals surface area contributed by atoms with Crippen LogP contribution in [0.5, 0.6) is 11.5 Å². The fraction of sp³-hybridized carbons (Fsp3) is 0.0938. The summed E-state index contributed by atoms with van der Waals surface area (Å²) < 4.78 is 0. The lowest BCUT2D eigenvalue weighted by Gasteiger charge is -2.19. The number of phenolic OH excluding ortho intramolecular Hbond substituents is 2. The fourth-order valence-electron chi connectivity index (χ4n) is 9.20. The smallest absolute Gasteiger partial charge is 0.129 e. The zero-order valence-corrected chi connectivity index (χ0v) is 43.4. The second-order valence-electron chi connectivity index (χ2n) is 17.5. The van der Waals surface area contributed by atoms with Crippen molar-refractivity contribution in [2.45, 2.75) is 22.8 Å². The van der Waals surface area contributed by atoms with Gasteiger partial charge in [-0.1, -0.05) is 176 Å². The van der Waals surface area contributed by atoms with Crippen molar-refractivity contribution in [3.05, 3.63) is 254 Å². The summed E-state index contributed by atoms with van der Waals surface area (Å²) in [6.45, 7) is 0.408. The van der Waals surface area contributed by atoms with Gasteiger partial charge in [0, 0.05) is 55.9 Å². The number of nitrogens with one attached hydrogen (secondary N) is 2. The lowest BCUT2D eigenvalue weighted by Crippen LogP contribution is -2.14. The lowest BCUT2D eigenvalue weighted by atomic mass is 9.88. The van der Waals surface area contributed by atoms with Crippen LogP contribution in [0.1, 0.15) is 11.1 Å². The predicted octanol–water partition coefficient (Wildman–Crippen LogP) is 15.3. The van der Waals surface area contributed by atoms with Gasteiger partial charge in [0.05, 0.1) is 0 Å². The van der Waals surface area contributed by atoms with Crippen molar-refractivity contribution >= 4 is 93.5 Å². The van der Waals surface area contributed by atoms with E-state index in [4.69, 9.17) is 0 Å². The largest absolute Gasteiger partial charge is 0.507 e. The Morgan fingerprint density at radius 3 is 1.26 bits per heavy atom. The molecular weight excluding hydrogens is 955 g/mol. The van der Waals surface area contributed by atoms with Gasteiger partial charge in [0.25, 0.3) is 0 Å². The fourth-order valence-corrected chi connectivity index (χ4v) is 16.3. The molecule has 0 aromatic heterocycles. The summed E-state index contributed by atoms with van der Waals surface area (Å²) in [7, 11) is -0.858. The van der Waals surface area contributed by atoms with E-state index in [-0.39, 0.29) is 11.5 Å². The standard InChI is InChI=1S/C64H56N2O2P2S2/c67-63-49(20-17-39-65-51-31-35-57(36-32-51)71-42-40-69(53-21-5-1-6-22-53)54-23-7-2-8-24-54)44-47-18-13-15-29-59(47)61(63)62-60-30-16-14-19-48(60)45-50(64(62)68)46-66-52-33-37-58(38-34-52)72-43-41-70(55-25-9-3-10-26-55)56-27-11-4-12-28-56/h1-19,21-39,44-45,65-68H,20,40-43,46H2/b39-17+. The molecular formula is C64H56N2O2P2S2. The first-order valence-corrected chi connectivity index (χ1v) is 29.4. The third kappa shape index (κ3) is 11.9. The highest BCUT2D eigenvalue weighted by Crippen LogP contribution is 2.48. The molecule has 0 saturated carbocycles. The molecule has 0 aliphatic carbocycles. The predicted molar refractivity (Wildman–Crippen MR) is 316 cm³/mol. The zero-order valence-electron chi connectivity index (χ0n) is 39.9. The molecule has 0 saturated heterocycles. The van der Waals surface area contributed by atoms with Crippen molar-refractivity contribution in [3.63, 3.8) is 0 Å². The second kappa shape index (κ2) is 24.1. The Hall–Kier alpha value is -6.78. The summed E-state index contributed by atoms with van der Waals surface area (Å²) in [5.74, 6) is 2.39. The maximum Gasteiger partial charge on any atom is 0.129 e. The van der Waals surface area contributed by atoms with E-state index < -0.39 is 15.8 Å². The molecule has 0 atom stereocenters. The van der Waals surface area contributed by atoms with Crippen LogP contribution in [-0.4, -0.2) is 34.0 Å². The molecule has 10 aromatic carbocycles. The van der Waals surface area contributed by atoms with Gasteiger partial charge < -0.3 is 20.8 Å². The molecule has 4 N–H and O–H groups in total. The molecule has 0 unspecified atom stereocenters. The van der Waals surface area contributed by atoms with Crippen LogP contribution < -0.4 is 31.9 Å². The topological polar surface area (TPSA) is 64.5 Å². The number of rotatable bonds is 20. The molecule has 0 spiro atoms. The maximum absolute atomic E-state index is 12.3. The molecule has 8 heteroatoms. The van der Waals surface area contributed by atoms with Gasteiger partial charge in [0.2, 0.25) is 0 Å². The number of anilines is 2. The Labute approximate surface area is 434 Å². The van der Waals surface area contributed by atoms with Crippen LogP contribution in [0.25, 0.3) is 32.7 Å².